The van der Waals surface area contributed by atoms with E-state index in [4.69, 9.17) is 0 Å². The number of hydrogen-bond donors (Lipinski definition) is 0. The van der Waals surface area contributed by atoms with Gasteiger partial charge in [-0.05, 0) is 51.2 Å². The van der Waals surface area contributed by atoms with Gasteiger partial charge in [0.05, 0.1) is 17.9 Å². The fourth-order valence-corrected chi connectivity index (χ4v) is 5.94. The SMILES string of the molecule is CC1CCCCN1C(=O)CN1CCN(C(=O)c2ccccc2SCC(=O)N2CCCC2)CC1. The van der Waals surface area contributed by atoms with Gasteiger partial charge in [0, 0.05) is 56.8 Å². The van der Waals surface area contributed by atoms with Gasteiger partial charge in [-0.3, -0.25) is 19.3 Å². The van der Waals surface area contributed by atoms with Gasteiger partial charge in [-0.25, -0.2) is 0 Å². The van der Waals surface area contributed by atoms with Crippen LogP contribution >= 0.6 is 11.8 Å². The average Bonchev–Trinajstić information content (AvgIpc) is 3.38. The van der Waals surface area contributed by atoms with Crippen LogP contribution in [0.15, 0.2) is 29.2 Å². The van der Waals surface area contributed by atoms with Crippen LogP contribution in [0, 0.1) is 0 Å². The zero-order valence-corrected chi connectivity index (χ0v) is 20.5. The van der Waals surface area contributed by atoms with Gasteiger partial charge in [-0.2, -0.15) is 0 Å². The standard InChI is InChI=1S/C25H36N4O3S/c1-20-8-4-5-13-29(20)23(30)18-26-14-16-28(17-15-26)25(32)21-9-2-3-10-22(21)33-19-24(31)27-11-6-7-12-27/h2-3,9-10,20H,4-8,11-19H2,1H3. The summed E-state index contributed by atoms with van der Waals surface area (Å²) in [7, 11) is 0. The van der Waals surface area contributed by atoms with Crippen molar-refractivity contribution in [2.75, 3.05) is 58.1 Å². The molecule has 3 saturated heterocycles. The van der Waals surface area contributed by atoms with E-state index in [9.17, 15) is 14.4 Å². The summed E-state index contributed by atoms with van der Waals surface area (Å²) < 4.78 is 0. The van der Waals surface area contributed by atoms with E-state index in [1.54, 1.807) is 0 Å². The molecule has 0 saturated carbocycles. The lowest BCUT2D eigenvalue weighted by Gasteiger charge is -2.38. The van der Waals surface area contributed by atoms with Crippen molar-refractivity contribution in [1.29, 1.82) is 0 Å². The van der Waals surface area contributed by atoms with E-state index in [1.807, 2.05) is 39.0 Å². The molecular formula is C25H36N4O3S. The van der Waals surface area contributed by atoms with E-state index in [2.05, 4.69) is 11.8 Å². The summed E-state index contributed by atoms with van der Waals surface area (Å²) in [6.45, 7) is 7.81. The molecule has 3 aliphatic rings. The average molecular weight is 473 g/mol. The Balaban J connectivity index is 1.28. The highest BCUT2D eigenvalue weighted by Gasteiger charge is 2.28. The van der Waals surface area contributed by atoms with Crippen LogP contribution in [0.25, 0.3) is 0 Å². The Bertz CT molecular complexity index is 850. The monoisotopic (exact) mass is 472 g/mol. The van der Waals surface area contributed by atoms with Gasteiger partial charge in [0.2, 0.25) is 11.8 Å². The molecule has 1 atom stereocenters. The minimum atomic E-state index is 0.0161. The highest BCUT2D eigenvalue weighted by molar-refractivity contribution is 8.00. The summed E-state index contributed by atoms with van der Waals surface area (Å²) in [4.78, 5) is 47.3. The molecule has 3 fully saturated rings. The Morgan fingerprint density at radius 1 is 0.848 bits per heavy atom. The van der Waals surface area contributed by atoms with Crippen LogP contribution in [-0.2, 0) is 9.59 Å². The summed E-state index contributed by atoms with van der Waals surface area (Å²) in [6, 6.07) is 7.93. The minimum absolute atomic E-state index is 0.0161. The van der Waals surface area contributed by atoms with Gasteiger partial charge in [0.25, 0.3) is 5.91 Å². The smallest absolute Gasteiger partial charge is 0.255 e. The van der Waals surface area contributed by atoms with Gasteiger partial charge < -0.3 is 14.7 Å². The van der Waals surface area contributed by atoms with Crippen molar-refractivity contribution in [3.63, 3.8) is 0 Å². The number of carbonyl (C=O) groups is 3. The summed E-state index contributed by atoms with van der Waals surface area (Å²) in [6.07, 6.45) is 5.56. The van der Waals surface area contributed by atoms with Crippen LogP contribution in [0.4, 0.5) is 0 Å². The second-order valence-corrected chi connectivity index (χ2v) is 10.4. The van der Waals surface area contributed by atoms with Crippen LogP contribution in [0.5, 0.6) is 0 Å². The van der Waals surface area contributed by atoms with Crippen molar-refractivity contribution >= 4 is 29.5 Å². The number of thioether (sulfide) groups is 1. The maximum atomic E-state index is 13.3. The first-order valence-electron chi connectivity index (χ1n) is 12.3. The lowest BCUT2D eigenvalue weighted by atomic mass is 10.0. The zero-order valence-electron chi connectivity index (χ0n) is 19.7. The molecule has 0 bridgehead atoms. The first kappa shape index (κ1) is 24.1. The molecule has 3 heterocycles. The lowest BCUT2D eigenvalue weighted by molar-refractivity contribution is -0.136. The van der Waals surface area contributed by atoms with E-state index in [0.29, 0.717) is 50.1 Å². The quantitative estimate of drug-likeness (QED) is 0.596. The Morgan fingerprint density at radius 3 is 2.27 bits per heavy atom. The van der Waals surface area contributed by atoms with E-state index in [0.717, 1.165) is 50.2 Å². The first-order chi connectivity index (χ1) is 16.0. The molecule has 180 valence electrons. The molecular weight excluding hydrogens is 436 g/mol. The molecule has 7 nitrogen and oxygen atoms in total. The topological polar surface area (TPSA) is 64.2 Å². The summed E-state index contributed by atoms with van der Waals surface area (Å²) in [5.41, 5.74) is 0.670. The fraction of sp³-hybridized carbons (Fsp3) is 0.640. The Labute approximate surface area is 201 Å². The molecule has 0 aliphatic carbocycles. The second-order valence-electron chi connectivity index (χ2n) is 9.37. The molecule has 1 aromatic rings. The molecule has 4 rings (SSSR count). The van der Waals surface area contributed by atoms with Crippen molar-refractivity contribution in [1.82, 2.24) is 19.6 Å². The minimum Gasteiger partial charge on any atom is -0.342 e. The second kappa shape index (κ2) is 11.4. The van der Waals surface area contributed by atoms with Crippen LogP contribution in [0.2, 0.25) is 0 Å². The molecule has 0 radical (unpaired) electrons. The van der Waals surface area contributed by atoms with Crippen LogP contribution in [0.3, 0.4) is 0 Å². The highest BCUT2D eigenvalue weighted by Crippen LogP contribution is 2.25. The first-order valence-corrected chi connectivity index (χ1v) is 13.3. The molecule has 3 aliphatic heterocycles. The number of piperazine rings is 1. The number of benzene rings is 1. The number of nitrogens with zero attached hydrogens (tertiary/aromatic N) is 4. The third-order valence-corrected chi connectivity index (χ3v) is 8.13. The van der Waals surface area contributed by atoms with Crippen LogP contribution < -0.4 is 0 Å². The van der Waals surface area contributed by atoms with E-state index >= 15 is 0 Å². The maximum Gasteiger partial charge on any atom is 0.255 e. The third kappa shape index (κ3) is 6.09. The molecule has 0 aromatic heterocycles. The van der Waals surface area contributed by atoms with Crippen molar-refractivity contribution in [3.8, 4) is 0 Å². The Hall–Kier alpha value is -2.06. The van der Waals surface area contributed by atoms with Gasteiger partial charge in [-0.1, -0.05) is 12.1 Å². The van der Waals surface area contributed by atoms with E-state index < -0.39 is 0 Å². The number of carbonyl (C=O) groups excluding carboxylic acids is 3. The van der Waals surface area contributed by atoms with E-state index in [-0.39, 0.29) is 17.7 Å². The molecule has 3 amide bonds. The van der Waals surface area contributed by atoms with Gasteiger partial charge >= 0.3 is 0 Å². The molecule has 0 spiro atoms. The van der Waals surface area contributed by atoms with Crippen LogP contribution in [0.1, 0.15) is 49.4 Å². The van der Waals surface area contributed by atoms with E-state index in [1.165, 1.54) is 18.2 Å². The zero-order chi connectivity index (χ0) is 23.2. The molecule has 1 unspecified atom stereocenters. The number of rotatable bonds is 6. The summed E-state index contributed by atoms with van der Waals surface area (Å²) >= 11 is 1.46. The number of hydrogen-bond acceptors (Lipinski definition) is 5. The number of amides is 3. The predicted octanol–water partition coefficient (Wildman–Crippen LogP) is 2.56. The van der Waals surface area contributed by atoms with Crippen LogP contribution in [-0.4, -0.2) is 101 Å². The molecule has 8 heteroatoms. The molecule has 1 aromatic carbocycles. The third-order valence-electron chi connectivity index (χ3n) is 7.07. The highest BCUT2D eigenvalue weighted by atomic mass is 32.2. The van der Waals surface area contributed by atoms with Gasteiger partial charge in [0.15, 0.2) is 0 Å². The summed E-state index contributed by atoms with van der Waals surface area (Å²) in [5.74, 6) is 0.754. The lowest BCUT2D eigenvalue weighted by Crippen LogP contribution is -2.53. The molecule has 0 N–H and O–H groups in total. The number of likely N-dealkylation sites (tertiary alicyclic amines) is 2. The molecule has 33 heavy (non-hydrogen) atoms. The van der Waals surface area contributed by atoms with Crippen molar-refractivity contribution in [3.05, 3.63) is 29.8 Å². The number of piperidine rings is 1. The normalized spacial score (nSPS) is 22.0. The van der Waals surface area contributed by atoms with Gasteiger partial charge in [-0.15, -0.1) is 11.8 Å². The largest absolute Gasteiger partial charge is 0.342 e. The Morgan fingerprint density at radius 2 is 1.55 bits per heavy atom. The predicted molar refractivity (Wildman–Crippen MR) is 130 cm³/mol. The maximum absolute atomic E-state index is 13.3. The van der Waals surface area contributed by atoms with Crippen molar-refractivity contribution < 1.29 is 14.4 Å². The fourth-order valence-electron chi connectivity index (χ4n) is 5.00. The van der Waals surface area contributed by atoms with Gasteiger partial charge in [0.1, 0.15) is 0 Å². The summed E-state index contributed by atoms with van der Waals surface area (Å²) in [5, 5.41) is 0. The Kier molecular flexibility index (Phi) is 8.30. The van der Waals surface area contributed by atoms with Crippen molar-refractivity contribution in [2.45, 2.75) is 50.0 Å². The van der Waals surface area contributed by atoms with Crippen molar-refractivity contribution in [2.24, 2.45) is 0 Å².